The van der Waals surface area contributed by atoms with Gasteiger partial charge < -0.3 is 10.2 Å². The Morgan fingerprint density at radius 3 is 2.55 bits per heavy atom. The monoisotopic (exact) mass is 451 g/mol. The minimum Gasteiger partial charge on any atom is -0.365 e. The van der Waals surface area contributed by atoms with Gasteiger partial charge in [-0.25, -0.2) is 9.97 Å². The highest BCUT2D eigenvalue weighted by Gasteiger charge is 2.21. The van der Waals surface area contributed by atoms with Crippen molar-refractivity contribution in [2.75, 3.05) is 47.7 Å². The zero-order chi connectivity index (χ0) is 22.4. The molecule has 10 nitrogen and oxygen atoms in total. The van der Waals surface area contributed by atoms with Crippen molar-refractivity contribution in [2.45, 2.75) is 20.4 Å². The van der Waals surface area contributed by atoms with Crippen LogP contribution in [0.5, 0.6) is 0 Å². The smallest absolute Gasteiger partial charge is 0.300 e. The predicted molar refractivity (Wildman–Crippen MR) is 116 cm³/mol. The number of nitrogens with zero attached hydrogens (tertiary/aromatic N) is 4. The predicted octanol–water partition coefficient (Wildman–Crippen LogP) is 1.16. The molecule has 0 aliphatic carbocycles. The molecule has 0 saturated carbocycles. The summed E-state index contributed by atoms with van der Waals surface area (Å²) in [5, 5.41) is 2.47. The van der Waals surface area contributed by atoms with Crippen LogP contribution in [0.1, 0.15) is 19.4 Å². The summed E-state index contributed by atoms with van der Waals surface area (Å²) in [6.07, 6.45) is 1.56. The second kappa shape index (κ2) is 9.98. The number of carbonyl (C=O) groups excluding carboxylic acids is 1. The lowest BCUT2D eigenvalue weighted by atomic mass is 10.2. The molecule has 1 amide bonds. The van der Waals surface area contributed by atoms with E-state index in [2.05, 4.69) is 29.6 Å². The summed E-state index contributed by atoms with van der Waals surface area (Å²) in [6, 6.07) is 6.74. The number of rotatable bonds is 8. The Balaban J connectivity index is 1.57. The van der Waals surface area contributed by atoms with Crippen LogP contribution in [0.25, 0.3) is 0 Å². The summed E-state index contributed by atoms with van der Waals surface area (Å²) >= 11 is 0. The molecule has 1 aliphatic rings. The maximum Gasteiger partial charge on any atom is 0.300 e. The van der Waals surface area contributed by atoms with Gasteiger partial charge in [-0.3, -0.25) is 14.4 Å². The van der Waals surface area contributed by atoms with Gasteiger partial charge >= 0.3 is 0 Å². The van der Waals surface area contributed by atoms with Crippen molar-refractivity contribution in [1.82, 2.24) is 19.6 Å². The Morgan fingerprint density at radius 1 is 1.16 bits per heavy atom. The molecule has 2 aromatic rings. The Kier molecular flexibility index (Phi) is 7.36. The Labute approximate surface area is 181 Å². The van der Waals surface area contributed by atoms with Crippen LogP contribution in [0.15, 0.2) is 30.5 Å². The van der Waals surface area contributed by atoms with Gasteiger partial charge in [0.05, 0.1) is 5.69 Å². The third kappa shape index (κ3) is 6.57. The van der Waals surface area contributed by atoms with Gasteiger partial charge in [0.15, 0.2) is 0 Å². The number of aromatic nitrogens is 2. The number of hydrogen-bond acceptors (Lipinski definition) is 7. The SMILES string of the molecule is CCNS(=O)(=O)Nc1cc(CN2CCN(c3ccc(NC(C)=O)nc3F)CC2)ccn1. The first-order valence-corrected chi connectivity index (χ1v) is 11.4. The molecule has 3 rings (SSSR count). The molecular weight excluding hydrogens is 425 g/mol. The maximum atomic E-state index is 14.4. The van der Waals surface area contributed by atoms with Gasteiger partial charge in [0.1, 0.15) is 11.6 Å². The fourth-order valence-electron chi connectivity index (χ4n) is 3.31. The zero-order valence-corrected chi connectivity index (χ0v) is 18.2. The molecular formula is C19H26FN7O3S. The van der Waals surface area contributed by atoms with Gasteiger partial charge in [0, 0.05) is 52.4 Å². The van der Waals surface area contributed by atoms with Crippen LogP contribution in [0.4, 0.5) is 21.7 Å². The number of nitrogens with one attached hydrogen (secondary N) is 3. The van der Waals surface area contributed by atoms with Gasteiger partial charge in [-0.15, -0.1) is 0 Å². The van der Waals surface area contributed by atoms with Crippen LogP contribution >= 0.6 is 0 Å². The Hall–Kier alpha value is -2.83. The lowest BCUT2D eigenvalue weighted by molar-refractivity contribution is -0.114. The van der Waals surface area contributed by atoms with E-state index >= 15 is 0 Å². The van der Waals surface area contributed by atoms with Gasteiger partial charge in [-0.2, -0.15) is 17.5 Å². The van der Waals surface area contributed by atoms with E-state index in [1.807, 2.05) is 11.0 Å². The Morgan fingerprint density at radius 2 is 1.90 bits per heavy atom. The van der Waals surface area contributed by atoms with Crippen molar-refractivity contribution in [3.63, 3.8) is 0 Å². The molecule has 31 heavy (non-hydrogen) atoms. The number of anilines is 3. The quantitative estimate of drug-likeness (QED) is 0.515. The molecule has 0 unspecified atom stereocenters. The van der Waals surface area contributed by atoms with E-state index in [9.17, 15) is 17.6 Å². The standard InChI is InChI=1S/C19H26FN7O3S/c1-3-22-31(29,30)25-18-12-15(6-7-21-18)13-26-8-10-27(11-9-26)16-4-5-17(23-14(2)28)24-19(16)20/h4-7,12,22H,3,8-11,13H2,1-2H3,(H,21,25)(H,23,24,28). The molecule has 3 heterocycles. The summed E-state index contributed by atoms with van der Waals surface area (Å²) in [4.78, 5) is 23.1. The normalized spacial score (nSPS) is 15.0. The number of halogens is 1. The molecule has 1 fully saturated rings. The molecule has 12 heteroatoms. The van der Waals surface area contributed by atoms with Crippen LogP contribution < -0.4 is 19.7 Å². The number of hydrogen-bond donors (Lipinski definition) is 3. The fraction of sp³-hybridized carbons (Fsp3) is 0.421. The van der Waals surface area contributed by atoms with Crippen molar-refractivity contribution in [3.05, 3.63) is 42.0 Å². The second-order valence-electron chi connectivity index (χ2n) is 7.10. The summed E-state index contributed by atoms with van der Waals surface area (Å²) in [5.41, 5.74) is 1.32. The lowest BCUT2D eigenvalue weighted by Gasteiger charge is -2.36. The topological polar surface area (TPSA) is 120 Å². The van der Waals surface area contributed by atoms with Crippen molar-refractivity contribution in [3.8, 4) is 0 Å². The van der Waals surface area contributed by atoms with Crippen molar-refractivity contribution < 1.29 is 17.6 Å². The van der Waals surface area contributed by atoms with E-state index in [-0.39, 0.29) is 24.1 Å². The van der Waals surface area contributed by atoms with Gasteiger partial charge in [0.2, 0.25) is 11.9 Å². The van der Waals surface area contributed by atoms with Crippen LogP contribution in [0.2, 0.25) is 0 Å². The van der Waals surface area contributed by atoms with E-state index in [1.54, 1.807) is 31.3 Å². The molecule has 0 radical (unpaired) electrons. The van der Waals surface area contributed by atoms with Gasteiger partial charge in [-0.05, 0) is 29.8 Å². The third-order valence-electron chi connectivity index (χ3n) is 4.65. The summed E-state index contributed by atoms with van der Waals surface area (Å²) < 4.78 is 42.8. The molecule has 1 saturated heterocycles. The lowest BCUT2D eigenvalue weighted by Crippen LogP contribution is -2.46. The van der Waals surface area contributed by atoms with Crippen LogP contribution in [0.3, 0.4) is 0 Å². The third-order valence-corrected chi connectivity index (χ3v) is 5.80. The van der Waals surface area contributed by atoms with E-state index in [0.29, 0.717) is 38.4 Å². The van der Waals surface area contributed by atoms with Gasteiger partial charge in [0.25, 0.3) is 10.2 Å². The molecule has 0 bridgehead atoms. The molecule has 0 spiro atoms. The number of carbonyl (C=O) groups is 1. The first-order valence-electron chi connectivity index (χ1n) is 9.89. The highest BCUT2D eigenvalue weighted by molar-refractivity contribution is 7.90. The highest BCUT2D eigenvalue weighted by Crippen LogP contribution is 2.22. The molecule has 2 aromatic heterocycles. The van der Waals surface area contributed by atoms with E-state index in [1.165, 1.54) is 6.92 Å². The first kappa shape index (κ1) is 22.8. The summed E-state index contributed by atoms with van der Waals surface area (Å²) in [6.45, 7) is 6.57. The molecule has 0 atom stereocenters. The van der Waals surface area contributed by atoms with Crippen LogP contribution in [0, 0.1) is 5.95 Å². The van der Waals surface area contributed by atoms with E-state index in [4.69, 9.17) is 0 Å². The second-order valence-corrected chi connectivity index (χ2v) is 8.60. The number of piperazine rings is 1. The summed E-state index contributed by atoms with van der Waals surface area (Å²) in [5.74, 6) is -0.483. The largest absolute Gasteiger partial charge is 0.365 e. The molecule has 3 N–H and O–H groups in total. The fourth-order valence-corrected chi connectivity index (χ4v) is 4.15. The first-order chi connectivity index (χ1) is 14.8. The zero-order valence-electron chi connectivity index (χ0n) is 17.4. The minimum absolute atomic E-state index is 0.186. The van der Waals surface area contributed by atoms with Crippen LogP contribution in [-0.4, -0.2) is 61.9 Å². The van der Waals surface area contributed by atoms with E-state index < -0.39 is 16.2 Å². The summed E-state index contributed by atoms with van der Waals surface area (Å²) in [7, 11) is -3.63. The van der Waals surface area contributed by atoms with Crippen molar-refractivity contribution in [1.29, 1.82) is 0 Å². The van der Waals surface area contributed by atoms with Gasteiger partial charge in [-0.1, -0.05) is 6.92 Å². The van der Waals surface area contributed by atoms with Crippen LogP contribution in [-0.2, 0) is 21.5 Å². The molecule has 0 aromatic carbocycles. The van der Waals surface area contributed by atoms with Crippen molar-refractivity contribution in [2.24, 2.45) is 0 Å². The highest BCUT2D eigenvalue weighted by atomic mass is 32.2. The molecule has 168 valence electrons. The number of pyridine rings is 2. The average Bonchev–Trinajstić information content (AvgIpc) is 2.68. The minimum atomic E-state index is -3.63. The van der Waals surface area contributed by atoms with E-state index in [0.717, 1.165) is 5.56 Å². The van der Waals surface area contributed by atoms with Crippen molar-refractivity contribution >= 4 is 33.4 Å². The molecule has 1 aliphatic heterocycles. The maximum absolute atomic E-state index is 14.4. The number of amides is 1. The Bertz CT molecular complexity index is 1030. The average molecular weight is 452 g/mol.